The molecule has 3 nitrogen and oxygen atoms in total. The summed E-state index contributed by atoms with van der Waals surface area (Å²) < 4.78 is 4.97. The van der Waals surface area contributed by atoms with Crippen LogP contribution < -0.4 is 5.73 Å². The highest BCUT2D eigenvalue weighted by atomic mass is 32.2. The van der Waals surface area contributed by atoms with E-state index in [4.69, 9.17) is 15.6 Å². The van der Waals surface area contributed by atoms with E-state index in [-0.39, 0.29) is 12.1 Å². The molecule has 1 atom stereocenters. The van der Waals surface area contributed by atoms with Crippen LogP contribution in [0.4, 0.5) is 0 Å². The molecule has 0 aliphatic rings. The molecule has 0 saturated carbocycles. The van der Waals surface area contributed by atoms with Crippen molar-refractivity contribution in [2.24, 2.45) is 5.73 Å². The van der Waals surface area contributed by atoms with Gasteiger partial charge in [-0.05, 0) is 37.2 Å². The fourth-order valence-electron chi connectivity index (χ4n) is 1.30. The number of hydrogen-bond acceptors (Lipinski definition) is 4. The average Bonchev–Trinajstić information content (AvgIpc) is 2.27. The largest absolute Gasteiger partial charge is 0.394 e. The van der Waals surface area contributed by atoms with Crippen LogP contribution in [0.5, 0.6) is 0 Å². The Labute approximate surface area is 97.8 Å². The van der Waals surface area contributed by atoms with Crippen LogP contribution in [0.2, 0.25) is 0 Å². The van der Waals surface area contributed by atoms with E-state index in [0.717, 1.165) is 43.8 Å². The summed E-state index contributed by atoms with van der Waals surface area (Å²) in [6, 6.07) is 0. The molecule has 0 bridgehead atoms. The third-order valence-corrected chi connectivity index (χ3v) is 3.77. The second-order valence-electron chi connectivity index (χ2n) is 3.94. The Morgan fingerprint density at radius 3 is 2.53 bits per heavy atom. The van der Waals surface area contributed by atoms with E-state index in [1.165, 1.54) is 0 Å². The molecule has 3 N–H and O–H groups in total. The Hall–Kier alpha value is 0.230. The van der Waals surface area contributed by atoms with Crippen LogP contribution in [0.15, 0.2) is 0 Å². The highest BCUT2D eigenvalue weighted by Gasteiger charge is 2.20. The number of rotatable bonds is 10. The Balaban J connectivity index is 3.29. The zero-order valence-corrected chi connectivity index (χ0v) is 10.8. The molecule has 0 radical (unpaired) electrons. The molecule has 0 spiro atoms. The molecule has 0 heterocycles. The van der Waals surface area contributed by atoms with Crippen LogP contribution in [-0.2, 0) is 4.74 Å². The molecule has 0 aromatic heterocycles. The van der Waals surface area contributed by atoms with E-state index in [2.05, 4.69) is 0 Å². The first kappa shape index (κ1) is 15.2. The summed E-state index contributed by atoms with van der Waals surface area (Å²) in [4.78, 5) is 0. The van der Waals surface area contributed by atoms with Crippen molar-refractivity contribution in [1.82, 2.24) is 0 Å². The summed E-state index contributed by atoms with van der Waals surface area (Å²) in [6.45, 7) is 2.97. The molecule has 92 valence electrons. The molecule has 1 unspecified atom stereocenters. The van der Waals surface area contributed by atoms with E-state index in [0.29, 0.717) is 0 Å². The molecule has 0 rings (SSSR count). The van der Waals surface area contributed by atoms with Crippen LogP contribution in [0.3, 0.4) is 0 Å². The van der Waals surface area contributed by atoms with E-state index >= 15 is 0 Å². The maximum absolute atomic E-state index is 9.11. The third-order valence-electron chi connectivity index (χ3n) is 2.62. The number of hydrogen-bond donors (Lipinski definition) is 2. The molecule has 0 amide bonds. The van der Waals surface area contributed by atoms with Gasteiger partial charge in [-0.1, -0.05) is 6.92 Å². The number of nitrogens with two attached hydrogens (primary N) is 1. The van der Waals surface area contributed by atoms with Crippen LogP contribution in [0.25, 0.3) is 0 Å². The first-order valence-corrected chi connectivity index (χ1v) is 6.80. The maximum Gasteiger partial charge on any atom is 0.0611 e. The fourth-order valence-corrected chi connectivity index (χ4v) is 2.18. The molecule has 0 fully saturated rings. The Bertz CT molecular complexity index is 141. The van der Waals surface area contributed by atoms with Crippen molar-refractivity contribution >= 4 is 11.8 Å². The van der Waals surface area contributed by atoms with Gasteiger partial charge in [0.15, 0.2) is 0 Å². The van der Waals surface area contributed by atoms with Crippen molar-refractivity contribution in [2.45, 2.75) is 38.1 Å². The van der Waals surface area contributed by atoms with Crippen LogP contribution in [0.1, 0.15) is 32.6 Å². The standard InChI is InChI=1S/C11H25NO2S/c1-3-11(12,10-13)6-4-8-15-9-5-7-14-2/h13H,3-10,12H2,1-2H3. The molecule has 0 aliphatic carbocycles. The first-order chi connectivity index (χ1) is 7.18. The van der Waals surface area contributed by atoms with Gasteiger partial charge < -0.3 is 15.6 Å². The quantitative estimate of drug-likeness (QED) is 0.565. The summed E-state index contributed by atoms with van der Waals surface area (Å²) >= 11 is 1.94. The normalized spacial score (nSPS) is 15.2. The summed E-state index contributed by atoms with van der Waals surface area (Å²) in [6.07, 6.45) is 3.96. The Morgan fingerprint density at radius 1 is 1.33 bits per heavy atom. The van der Waals surface area contributed by atoms with Gasteiger partial charge in [-0.3, -0.25) is 0 Å². The van der Waals surface area contributed by atoms with Crippen molar-refractivity contribution in [3.8, 4) is 0 Å². The van der Waals surface area contributed by atoms with Crippen LogP contribution in [0, 0.1) is 0 Å². The summed E-state index contributed by atoms with van der Waals surface area (Å²) in [5.74, 6) is 2.28. The van der Waals surface area contributed by atoms with E-state index in [9.17, 15) is 0 Å². The SMILES string of the molecule is CCC(N)(CO)CCCSCCCOC. The van der Waals surface area contributed by atoms with Gasteiger partial charge in [0.1, 0.15) is 0 Å². The minimum absolute atomic E-state index is 0.0951. The van der Waals surface area contributed by atoms with E-state index in [1.807, 2.05) is 18.7 Å². The van der Waals surface area contributed by atoms with Crippen molar-refractivity contribution in [3.63, 3.8) is 0 Å². The van der Waals surface area contributed by atoms with E-state index < -0.39 is 0 Å². The molecular weight excluding hydrogens is 210 g/mol. The maximum atomic E-state index is 9.11. The molecule has 0 saturated heterocycles. The lowest BCUT2D eigenvalue weighted by Gasteiger charge is -2.25. The second kappa shape index (κ2) is 9.46. The molecule has 15 heavy (non-hydrogen) atoms. The molecular formula is C11H25NO2S. The van der Waals surface area contributed by atoms with Gasteiger partial charge in [-0.15, -0.1) is 0 Å². The monoisotopic (exact) mass is 235 g/mol. The van der Waals surface area contributed by atoms with Gasteiger partial charge in [0.2, 0.25) is 0 Å². The van der Waals surface area contributed by atoms with Gasteiger partial charge in [0.05, 0.1) is 6.61 Å². The second-order valence-corrected chi connectivity index (χ2v) is 5.16. The highest BCUT2D eigenvalue weighted by molar-refractivity contribution is 7.99. The van der Waals surface area contributed by atoms with Gasteiger partial charge >= 0.3 is 0 Å². The van der Waals surface area contributed by atoms with Crippen molar-refractivity contribution < 1.29 is 9.84 Å². The van der Waals surface area contributed by atoms with Gasteiger partial charge in [0, 0.05) is 19.3 Å². The zero-order chi connectivity index (χ0) is 11.6. The predicted octanol–water partition coefficient (Wildman–Crippen LogP) is 1.64. The number of aliphatic hydroxyl groups is 1. The summed E-state index contributed by atoms with van der Waals surface area (Å²) in [7, 11) is 1.73. The smallest absolute Gasteiger partial charge is 0.0611 e. The van der Waals surface area contributed by atoms with Gasteiger partial charge in [0.25, 0.3) is 0 Å². The van der Waals surface area contributed by atoms with E-state index in [1.54, 1.807) is 7.11 Å². The number of ether oxygens (including phenoxy) is 1. The topological polar surface area (TPSA) is 55.5 Å². The average molecular weight is 235 g/mol. The lowest BCUT2D eigenvalue weighted by Crippen LogP contribution is -2.42. The minimum atomic E-state index is -0.354. The third kappa shape index (κ3) is 8.08. The first-order valence-electron chi connectivity index (χ1n) is 5.65. The summed E-state index contributed by atoms with van der Waals surface area (Å²) in [5.41, 5.74) is 5.63. The van der Waals surface area contributed by atoms with Gasteiger partial charge in [-0.25, -0.2) is 0 Å². The zero-order valence-electron chi connectivity index (χ0n) is 10.00. The number of aliphatic hydroxyl groups excluding tert-OH is 1. The van der Waals surface area contributed by atoms with Crippen molar-refractivity contribution in [3.05, 3.63) is 0 Å². The Morgan fingerprint density at radius 2 is 2.00 bits per heavy atom. The van der Waals surface area contributed by atoms with Crippen LogP contribution in [-0.4, -0.2) is 42.5 Å². The van der Waals surface area contributed by atoms with Crippen molar-refractivity contribution in [1.29, 1.82) is 0 Å². The lowest BCUT2D eigenvalue weighted by molar-refractivity contribution is 0.182. The molecule has 0 aliphatic heterocycles. The predicted molar refractivity (Wildman–Crippen MR) is 67.3 cm³/mol. The lowest BCUT2D eigenvalue weighted by atomic mass is 9.93. The molecule has 0 aromatic carbocycles. The number of methoxy groups -OCH3 is 1. The van der Waals surface area contributed by atoms with Crippen LogP contribution >= 0.6 is 11.8 Å². The fraction of sp³-hybridized carbons (Fsp3) is 1.00. The minimum Gasteiger partial charge on any atom is -0.394 e. The highest BCUT2D eigenvalue weighted by Crippen LogP contribution is 2.16. The number of thioether (sulfide) groups is 1. The molecule has 0 aromatic rings. The summed E-state index contributed by atoms with van der Waals surface area (Å²) in [5, 5.41) is 9.11. The Kier molecular flexibility index (Phi) is 9.60. The van der Waals surface area contributed by atoms with Gasteiger partial charge in [-0.2, -0.15) is 11.8 Å². The molecule has 4 heteroatoms. The van der Waals surface area contributed by atoms with Crippen molar-refractivity contribution in [2.75, 3.05) is 31.8 Å².